The van der Waals surface area contributed by atoms with E-state index in [-0.39, 0.29) is 11.9 Å². The molecule has 1 aromatic carbocycles. The maximum absolute atomic E-state index is 13.0. The zero-order valence-corrected chi connectivity index (χ0v) is 16.8. The molecule has 6 nitrogen and oxygen atoms in total. The second-order valence-corrected chi connectivity index (χ2v) is 8.86. The highest BCUT2D eigenvalue weighted by Crippen LogP contribution is 2.59. The molecular formula is C22H32N4O2. The lowest BCUT2D eigenvalue weighted by atomic mass is 9.91. The topological polar surface area (TPSA) is 73.5 Å². The number of piperidine rings is 2. The molecule has 2 heterocycles. The van der Waals surface area contributed by atoms with Crippen molar-refractivity contribution in [2.75, 3.05) is 38.0 Å². The highest BCUT2D eigenvalue weighted by molar-refractivity contribution is 5.89. The van der Waals surface area contributed by atoms with Crippen molar-refractivity contribution < 1.29 is 9.59 Å². The number of amides is 3. The molecule has 1 spiro atoms. The molecule has 0 aromatic heterocycles. The average molecular weight is 385 g/mol. The predicted molar refractivity (Wildman–Crippen MR) is 110 cm³/mol. The van der Waals surface area contributed by atoms with Crippen molar-refractivity contribution in [1.29, 1.82) is 0 Å². The molecule has 28 heavy (non-hydrogen) atoms. The maximum Gasteiger partial charge on any atom is 0.319 e. The Hall–Kier alpha value is -2.08. The first kappa shape index (κ1) is 19.2. The summed E-state index contributed by atoms with van der Waals surface area (Å²) < 4.78 is 0. The van der Waals surface area contributed by atoms with Crippen molar-refractivity contribution in [3.63, 3.8) is 0 Å². The van der Waals surface area contributed by atoms with Gasteiger partial charge in [-0.15, -0.1) is 0 Å². The molecule has 3 amide bonds. The third kappa shape index (κ3) is 4.32. The van der Waals surface area contributed by atoms with E-state index in [4.69, 9.17) is 0 Å². The fraction of sp³-hybridized carbons (Fsp3) is 0.636. The third-order valence-electron chi connectivity index (χ3n) is 6.78. The molecule has 3 N–H and O–H groups in total. The number of likely N-dealkylation sites (tertiary alicyclic amines) is 1. The van der Waals surface area contributed by atoms with Crippen LogP contribution >= 0.6 is 0 Å². The highest BCUT2D eigenvalue weighted by Gasteiger charge is 2.58. The molecule has 152 valence electrons. The minimum absolute atomic E-state index is 0.178. The normalized spacial score (nSPS) is 26.0. The SMILES string of the molecule is Cc1ccc(NC(=O)NCC2CCCN(C(=O)C3CC34CCNCC4)C2)cc1. The summed E-state index contributed by atoms with van der Waals surface area (Å²) in [6.07, 6.45) is 5.45. The van der Waals surface area contributed by atoms with Crippen molar-refractivity contribution >= 4 is 17.6 Å². The van der Waals surface area contributed by atoms with Gasteiger partial charge in [0.25, 0.3) is 0 Å². The molecule has 1 saturated carbocycles. The Kier molecular flexibility index (Phi) is 5.58. The van der Waals surface area contributed by atoms with Crippen LogP contribution in [0.3, 0.4) is 0 Å². The molecular weight excluding hydrogens is 352 g/mol. The van der Waals surface area contributed by atoms with E-state index in [2.05, 4.69) is 20.9 Å². The van der Waals surface area contributed by atoms with Crippen LogP contribution in [0.15, 0.2) is 24.3 Å². The van der Waals surface area contributed by atoms with Crippen molar-refractivity contribution in [3.05, 3.63) is 29.8 Å². The Bertz CT molecular complexity index is 712. The fourth-order valence-electron chi connectivity index (χ4n) is 4.88. The number of nitrogens with zero attached hydrogens (tertiary/aromatic N) is 1. The minimum atomic E-state index is -0.178. The Morgan fingerprint density at radius 1 is 1.21 bits per heavy atom. The number of carbonyl (C=O) groups excluding carboxylic acids is 2. The molecule has 2 saturated heterocycles. The molecule has 1 aromatic rings. The van der Waals surface area contributed by atoms with Crippen molar-refractivity contribution in [1.82, 2.24) is 15.5 Å². The second kappa shape index (κ2) is 8.11. The summed E-state index contributed by atoms with van der Waals surface area (Å²) in [5, 5.41) is 9.26. The van der Waals surface area contributed by atoms with Gasteiger partial charge in [0.05, 0.1) is 0 Å². The van der Waals surface area contributed by atoms with E-state index < -0.39 is 0 Å². The van der Waals surface area contributed by atoms with Gasteiger partial charge < -0.3 is 20.9 Å². The van der Waals surface area contributed by atoms with E-state index in [1.807, 2.05) is 31.2 Å². The lowest BCUT2D eigenvalue weighted by Crippen LogP contribution is -2.45. The van der Waals surface area contributed by atoms with Gasteiger partial charge in [-0.25, -0.2) is 4.79 Å². The largest absolute Gasteiger partial charge is 0.342 e. The second-order valence-electron chi connectivity index (χ2n) is 8.86. The molecule has 2 aliphatic heterocycles. The van der Waals surface area contributed by atoms with Gasteiger partial charge in [-0.05, 0) is 75.6 Å². The first-order valence-electron chi connectivity index (χ1n) is 10.7. The predicted octanol–water partition coefficient (Wildman–Crippen LogP) is 2.74. The first-order valence-corrected chi connectivity index (χ1v) is 10.7. The smallest absolute Gasteiger partial charge is 0.319 e. The fourth-order valence-corrected chi connectivity index (χ4v) is 4.88. The molecule has 1 aliphatic carbocycles. The number of nitrogens with one attached hydrogen (secondary N) is 3. The first-order chi connectivity index (χ1) is 13.6. The van der Waals surface area contributed by atoms with E-state index in [0.29, 0.717) is 23.8 Å². The Morgan fingerprint density at radius 2 is 1.96 bits per heavy atom. The van der Waals surface area contributed by atoms with E-state index >= 15 is 0 Å². The van der Waals surface area contributed by atoms with Crippen molar-refractivity contribution in [3.8, 4) is 0 Å². The zero-order valence-electron chi connectivity index (χ0n) is 16.8. The van der Waals surface area contributed by atoms with Crippen LogP contribution in [0, 0.1) is 24.2 Å². The molecule has 2 unspecified atom stereocenters. The van der Waals surface area contributed by atoms with Crippen molar-refractivity contribution in [2.45, 2.75) is 39.0 Å². The molecule has 3 fully saturated rings. The summed E-state index contributed by atoms with van der Waals surface area (Å²) in [6.45, 7) is 6.37. The summed E-state index contributed by atoms with van der Waals surface area (Å²) in [5.74, 6) is 0.936. The molecule has 2 atom stereocenters. The number of urea groups is 1. The van der Waals surface area contributed by atoms with E-state index in [1.54, 1.807) is 0 Å². The van der Waals surface area contributed by atoms with Crippen molar-refractivity contribution in [2.24, 2.45) is 17.3 Å². The molecule has 0 radical (unpaired) electrons. The minimum Gasteiger partial charge on any atom is -0.342 e. The molecule has 6 heteroatoms. The molecule has 3 aliphatic rings. The van der Waals surface area contributed by atoms with Crippen LogP contribution in [-0.2, 0) is 4.79 Å². The van der Waals surface area contributed by atoms with E-state index in [9.17, 15) is 9.59 Å². The van der Waals surface area contributed by atoms with Gasteiger partial charge in [0.2, 0.25) is 5.91 Å². The van der Waals surface area contributed by atoms with Gasteiger partial charge in [0, 0.05) is 31.2 Å². The van der Waals surface area contributed by atoms with Crippen LogP contribution in [-0.4, -0.2) is 49.6 Å². The van der Waals surface area contributed by atoms with Crippen LogP contribution in [0.2, 0.25) is 0 Å². The standard InChI is InChI=1S/C22H32N4O2/c1-16-4-6-18(7-5-16)25-21(28)24-14-17-3-2-12-26(15-17)20(27)19-13-22(19)8-10-23-11-9-22/h4-7,17,19,23H,2-3,8-15H2,1H3,(H2,24,25,28). The number of hydrogen-bond donors (Lipinski definition) is 3. The van der Waals surface area contributed by atoms with E-state index in [1.165, 1.54) is 5.56 Å². The number of benzene rings is 1. The van der Waals surface area contributed by atoms with Gasteiger partial charge in [0.1, 0.15) is 0 Å². The summed E-state index contributed by atoms with van der Waals surface area (Å²) in [6, 6.07) is 7.59. The average Bonchev–Trinajstić information content (AvgIpc) is 3.41. The highest BCUT2D eigenvalue weighted by atomic mass is 16.2. The third-order valence-corrected chi connectivity index (χ3v) is 6.78. The summed E-state index contributed by atoms with van der Waals surface area (Å²) in [5.41, 5.74) is 2.26. The van der Waals surface area contributed by atoms with Crippen LogP contribution in [0.1, 0.15) is 37.7 Å². The monoisotopic (exact) mass is 384 g/mol. The summed E-state index contributed by atoms with van der Waals surface area (Å²) in [4.78, 5) is 27.2. The van der Waals surface area contributed by atoms with Gasteiger partial charge in [-0.1, -0.05) is 17.7 Å². The van der Waals surface area contributed by atoms with Gasteiger partial charge in [0.15, 0.2) is 0 Å². The van der Waals surface area contributed by atoms with E-state index in [0.717, 1.165) is 64.0 Å². The zero-order chi connectivity index (χ0) is 19.6. The number of aryl methyl sites for hydroxylation is 1. The summed E-state index contributed by atoms with van der Waals surface area (Å²) >= 11 is 0. The molecule has 0 bridgehead atoms. The Morgan fingerprint density at radius 3 is 2.71 bits per heavy atom. The van der Waals surface area contributed by atoms with Gasteiger partial charge >= 0.3 is 6.03 Å². The van der Waals surface area contributed by atoms with Crippen LogP contribution < -0.4 is 16.0 Å². The summed E-state index contributed by atoms with van der Waals surface area (Å²) in [7, 11) is 0. The lowest BCUT2D eigenvalue weighted by molar-refractivity contribution is -0.135. The maximum atomic E-state index is 13.0. The Balaban J connectivity index is 1.23. The Labute approximate surface area is 167 Å². The van der Waals surface area contributed by atoms with Gasteiger partial charge in [-0.3, -0.25) is 4.79 Å². The number of hydrogen-bond acceptors (Lipinski definition) is 3. The van der Waals surface area contributed by atoms with Gasteiger partial charge in [-0.2, -0.15) is 0 Å². The molecule has 4 rings (SSSR count). The lowest BCUT2D eigenvalue weighted by Gasteiger charge is -2.34. The van der Waals surface area contributed by atoms with Crippen LogP contribution in [0.4, 0.5) is 10.5 Å². The quantitative estimate of drug-likeness (QED) is 0.747. The number of rotatable bonds is 4. The van der Waals surface area contributed by atoms with Crippen LogP contribution in [0.25, 0.3) is 0 Å². The number of carbonyl (C=O) groups is 2. The number of anilines is 1. The van der Waals surface area contributed by atoms with Crippen LogP contribution in [0.5, 0.6) is 0 Å².